The molecule has 0 unspecified atom stereocenters. The summed E-state index contributed by atoms with van der Waals surface area (Å²) in [6.07, 6.45) is 5.29. The molecule has 0 aliphatic rings. The Labute approximate surface area is 152 Å². The smallest absolute Gasteiger partial charge is 0.339 e. The van der Waals surface area contributed by atoms with E-state index in [1.54, 1.807) is 31.4 Å². The molecule has 0 bridgehead atoms. The van der Waals surface area contributed by atoms with Crippen molar-refractivity contribution in [3.63, 3.8) is 0 Å². The van der Waals surface area contributed by atoms with Crippen LogP contribution >= 0.6 is 0 Å². The largest absolute Gasteiger partial charge is 0.464 e. The third-order valence-electron chi connectivity index (χ3n) is 3.84. The van der Waals surface area contributed by atoms with Gasteiger partial charge in [-0.3, -0.25) is 0 Å². The van der Waals surface area contributed by atoms with E-state index < -0.39 is 5.97 Å². The Morgan fingerprint density at radius 3 is 2.62 bits per heavy atom. The van der Waals surface area contributed by atoms with Crippen LogP contribution in [0.25, 0.3) is 23.5 Å². The van der Waals surface area contributed by atoms with E-state index >= 15 is 0 Å². The van der Waals surface area contributed by atoms with Gasteiger partial charge in [0.2, 0.25) is 0 Å². The normalized spacial score (nSPS) is 10.6. The molecule has 3 aromatic rings. The van der Waals surface area contributed by atoms with Gasteiger partial charge in [0.1, 0.15) is 11.8 Å². The van der Waals surface area contributed by atoms with Crippen LogP contribution in [0.1, 0.15) is 34.0 Å². The molecule has 3 rings (SSSR count). The summed E-state index contributed by atoms with van der Waals surface area (Å²) in [5.74, 6) is 0.0983. The first-order chi connectivity index (χ1) is 12.7. The molecule has 0 fully saturated rings. The summed E-state index contributed by atoms with van der Waals surface area (Å²) in [5, 5.41) is 9.62. The number of carbonyl (C=O) groups is 1. The molecule has 1 heterocycles. The fourth-order valence-electron chi connectivity index (χ4n) is 2.63. The highest BCUT2D eigenvalue weighted by atomic mass is 16.5. The molecule has 0 aliphatic carbocycles. The summed E-state index contributed by atoms with van der Waals surface area (Å²) in [6.45, 7) is 1.97. The third-order valence-corrected chi connectivity index (χ3v) is 3.84. The molecule has 0 saturated carbocycles. The van der Waals surface area contributed by atoms with Gasteiger partial charge in [-0.1, -0.05) is 42.5 Å². The Hall–Kier alpha value is -3.58. The van der Waals surface area contributed by atoms with E-state index in [-0.39, 0.29) is 17.7 Å². The van der Waals surface area contributed by atoms with E-state index in [0.29, 0.717) is 16.9 Å². The summed E-state index contributed by atoms with van der Waals surface area (Å²) in [6, 6.07) is 18.9. The van der Waals surface area contributed by atoms with Crippen molar-refractivity contribution in [1.82, 2.24) is 0 Å². The minimum Gasteiger partial charge on any atom is -0.464 e. The Kier molecular flexibility index (Phi) is 5.31. The predicted octanol–water partition coefficient (Wildman–Crippen LogP) is 5.17. The van der Waals surface area contributed by atoms with E-state index in [9.17, 15) is 10.1 Å². The van der Waals surface area contributed by atoms with Gasteiger partial charge >= 0.3 is 5.97 Å². The van der Waals surface area contributed by atoms with E-state index in [1.165, 1.54) is 0 Å². The molecule has 4 heteroatoms. The number of carbonyl (C=O) groups excluding carboxylic acids is 1. The standard InChI is InChI=1S/C22H17NO3/c1-2-25-22(24)19-14-18(21-9-6-12-26-21)13-17(20(19)15-23)11-10-16-7-4-3-5-8-16/h3-14H,2H2,1H3/b11-10+. The number of ether oxygens (including phenoxy) is 1. The lowest BCUT2D eigenvalue weighted by Crippen LogP contribution is -2.08. The van der Waals surface area contributed by atoms with E-state index in [4.69, 9.17) is 9.15 Å². The van der Waals surface area contributed by atoms with Crippen LogP contribution < -0.4 is 0 Å². The van der Waals surface area contributed by atoms with Gasteiger partial charge in [0.05, 0.1) is 24.0 Å². The molecule has 0 amide bonds. The number of rotatable bonds is 5. The van der Waals surface area contributed by atoms with E-state index in [0.717, 1.165) is 5.56 Å². The van der Waals surface area contributed by atoms with Crippen LogP contribution in [-0.2, 0) is 4.74 Å². The van der Waals surface area contributed by atoms with Crippen LogP contribution in [0.15, 0.2) is 65.3 Å². The molecule has 1 aromatic heterocycles. The van der Waals surface area contributed by atoms with Crippen molar-refractivity contribution in [2.24, 2.45) is 0 Å². The quantitative estimate of drug-likeness (QED) is 0.474. The zero-order valence-corrected chi connectivity index (χ0v) is 14.3. The number of furan rings is 1. The molecule has 128 valence electrons. The lowest BCUT2D eigenvalue weighted by molar-refractivity contribution is 0.0526. The van der Waals surface area contributed by atoms with Gasteiger partial charge in [0, 0.05) is 5.56 Å². The lowest BCUT2D eigenvalue weighted by atomic mass is 9.96. The first-order valence-electron chi connectivity index (χ1n) is 8.25. The van der Waals surface area contributed by atoms with E-state index in [2.05, 4.69) is 6.07 Å². The minimum atomic E-state index is -0.521. The number of esters is 1. The highest BCUT2D eigenvalue weighted by Crippen LogP contribution is 2.28. The number of benzene rings is 2. The van der Waals surface area contributed by atoms with Crippen LogP contribution in [-0.4, -0.2) is 12.6 Å². The predicted molar refractivity (Wildman–Crippen MR) is 100 cm³/mol. The maximum Gasteiger partial charge on any atom is 0.339 e. The minimum absolute atomic E-state index is 0.232. The van der Waals surface area contributed by atoms with Crippen molar-refractivity contribution < 1.29 is 13.9 Å². The molecule has 0 radical (unpaired) electrons. The number of nitrogens with zero attached hydrogens (tertiary/aromatic N) is 1. The molecule has 26 heavy (non-hydrogen) atoms. The zero-order valence-electron chi connectivity index (χ0n) is 14.3. The molecular weight excluding hydrogens is 326 g/mol. The average Bonchev–Trinajstić information content (AvgIpc) is 3.21. The number of nitriles is 1. The average molecular weight is 343 g/mol. The van der Waals surface area contributed by atoms with Crippen LogP contribution in [0.4, 0.5) is 0 Å². The molecule has 0 atom stereocenters. The van der Waals surface area contributed by atoms with Gasteiger partial charge < -0.3 is 9.15 Å². The highest BCUT2D eigenvalue weighted by Gasteiger charge is 2.18. The summed E-state index contributed by atoms with van der Waals surface area (Å²) < 4.78 is 10.6. The number of hydrogen-bond donors (Lipinski definition) is 0. The second-order valence-corrected chi connectivity index (χ2v) is 5.54. The fraction of sp³-hybridized carbons (Fsp3) is 0.0909. The van der Waals surface area contributed by atoms with Crippen molar-refractivity contribution in [3.8, 4) is 17.4 Å². The Bertz CT molecular complexity index is 965. The van der Waals surface area contributed by atoms with Gasteiger partial charge in [-0.2, -0.15) is 5.26 Å². The Morgan fingerprint density at radius 1 is 1.15 bits per heavy atom. The first kappa shape index (κ1) is 17.2. The van der Waals surface area contributed by atoms with Crippen LogP contribution in [0.2, 0.25) is 0 Å². The molecule has 4 nitrogen and oxygen atoms in total. The summed E-state index contributed by atoms with van der Waals surface area (Å²) >= 11 is 0. The Morgan fingerprint density at radius 2 is 1.96 bits per heavy atom. The topological polar surface area (TPSA) is 63.2 Å². The molecular formula is C22H17NO3. The fourth-order valence-corrected chi connectivity index (χ4v) is 2.63. The second kappa shape index (κ2) is 8.00. The Balaban J connectivity index is 2.13. The zero-order chi connectivity index (χ0) is 18.4. The first-order valence-corrected chi connectivity index (χ1v) is 8.25. The van der Waals surface area contributed by atoms with Crippen molar-refractivity contribution in [1.29, 1.82) is 5.26 Å². The van der Waals surface area contributed by atoms with Crippen LogP contribution in [0, 0.1) is 11.3 Å². The highest BCUT2D eigenvalue weighted by molar-refractivity contribution is 5.96. The van der Waals surface area contributed by atoms with Crippen molar-refractivity contribution in [2.45, 2.75) is 6.92 Å². The maximum atomic E-state index is 12.3. The van der Waals surface area contributed by atoms with Gasteiger partial charge in [-0.05, 0) is 42.3 Å². The van der Waals surface area contributed by atoms with Gasteiger partial charge in [0.25, 0.3) is 0 Å². The van der Waals surface area contributed by atoms with E-state index in [1.807, 2.05) is 48.6 Å². The van der Waals surface area contributed by atoms with Gasteiger partial charge in [-0.15, -0.1) is 0 Å². The van der Waals surface area contributed by atoms with Crippen molar-refractivity contribution in [3.05, 3.63) is 83.1 Å². The van der Waals surface area contributed by atoms with Gasteiger partial charge in [0.15, 0.2) is 0 Å². The SMILES string of the molecule is CCOC(=O)c1cc(-c2ccco2)cc(/C=C/c2ccccc2)c1C#N. The third kappa shape index (κ3) is 3.73. The maximum absolute atomic E-state index is 12.3. The molecule has 0 spiro atoms. The molecule has 0 N–H and O–H groups in total. The van der Waals surface area contributed by atoms with Gasteiger partial charge in [-0.25, -0.2) is 4.79 Å². The summed E-state index contributed by atoms with van der Waals surface area (Å²) in [5.41, 5.74) is 2.86. The molecule has 0 saturated heterocycles. The number of hydrogen-bond acceptors (Lipinski definition) is 4. The monoisotopic (exact) mass is 343 g/mol. The van der Waals surface area contributed by atoms with Crippen LogP contribution in [0.5, 0.6) is 0 Å². The summed E-state index contributed by atoms with van der Waals surface area (Å²) in [4.78, 5) is 12.3. The molecule has 2 aromatic carbocycles. The lowest BCUT2D eigenvalue weighted by Gasteiger charge is -2.09. The van der Waals surface area contributed by atoms with Crippen molar-refractivity contribution >= 4 is 18.1 Å². The van der Waals surface area contributed by atoms with Crippen molar-refractivity contribution in [2.75, 3.05) is 6.61 Å². The molecule has 0 aliphatic heterocycles. The second-order valence-electron chi connectivity index (χ2n) is 5.54. The summed E-state index contributed by atoms with van der Waals surface area (Å²) in [7, 11) is 0. The van der Waals surface area contributed by atoms with Crippen LogP contribution in [0.3, 0.4) is 0 Å².